The summed E-state index contributed by atoms with van der Waals surface area (Å²) in [5.74, 6) is -5.47. The summed E-state index contributed by atoms with van der Waals surface area (Å²) in [7, 11) is 0. The van der Waals surface area contributed by atoms with Crippen LogP contribution in [0.5, 0.6) is 0 Å². The molecular weight excluding hydrogens is 1590 g/mol. The van der Waals surface area contributed by atoms with E-state index in [2.05, 4.69) is 114 Å². The van der Waals surface area contributed by atoms with Gasteiger partial charge in [-0.05, 0) is 195 Å². The lowest BCUT2D eigenvalue weighted by molar-refractivity contribution is -0.168. The molecule has 622 valence electrons. The molecule has 1 unspecified atom stereocenters. The number of aromatic amines is 2. The number of alkyl carbamates (subject to hydrolysis) is 1. The number of nitrogens with one attached hydrogen (secondary N) is 4. The standard InChI is InChI=1S/C30H24N2O4.C27H32N2O7.C18H18BrNO2.C13H11N.C8H14O4/c33-29(34)28(16-18-13-14-27-24(15-18)23-11-5-6-12-26(23)31-27)32-30(35)36-17-25-21-9-3-1-7-19(21)20-8-2-4-10-22(20)25;1-7-34-23(31)27(28-17(3)30,24(32)35-8-2)16-18-13-14-22-20(15-18)19-11-9-10-12-21(19)29(22)25(33)36-26(4,5)6;1-18(2,3)22-17(21)20-15-7-5-4-6-13(15)14-10-12(11-19)8-9-16(14)20;1-9-6-7-13-11(8-9)10-4-2-3-5-12(10)14-13;1-4-11-7(9)6(3)8(10)12-5-2/h1-15,25,28,31H,16-17H2,(H,32,35)(H,33,34);9-15H,7-8,16H2,1-6H3,(H,28,30);4-10H,11H2,1-3H3;2-8,14H,1H3;6H,4-5H2,1-3H3. The molecule has 5 N–H and O–H groups in total. The monoisotopic (exact) mass is 1690 g/mol. The lowest BCUT2D eigenvalue weighted by atomic mass is 9.89. The first-order chi connectivity index (χ1) is 57.4. The third-order valence-electron chi connectivity index (χ3n) is 19.8. The highest BCUT2D eigenvalue weighted by atomic mass is 79.9. The minimum absolute atomic E-state index is 0.0159. The van der Waals surface area contributed by atoms with Gasteiger partial charge in [0.25, 0.3) is 0 Å². The second-order valence-electron chi connectivity index (χ2n) is 30.8. The molecule has 120 heavy (non-hydrogen) atoms. The quantitative estimate of drug-likeness (QED) is 0.0231. The molecule has 15 rings (SSSR count). The Balaban J connectivity index is 0.000000156. The molecule has 4 aromatic heterocycles. The van der Waals surface area contributed by atoms with Gasteiger partial charge in [0.2, 0.25) is 11.4 Å². The third-order valence-corrected chi connectivity index (χ3v) is 20.4. The van der Waals surface area contributed by atoms with Crippen LogP contribution in [0.15, 0.2) is 218 Å². The normalized spacial score (nSPS) is 12.0. The number of benzene rings is 10. The van der Waals surface area contributed by atoms with Gasteiger partial charge in [-0.25, -0.2) is 37.9 Å². The fourth-order valence-corrected chi connectivity index (χ4v) is 14.9. The molecule has 2 amide bonds. The van der Waals surface area contributed by atoms with Gasteiger partial charge < -0.3 is 58.9 Å². The minimum atomic E-state index is -2.06. The lowest BCUT2D eigenvalue weighted by Crippen LogP contribution is -2.62. The molecular formula is C96H99BrN6O17. The van der Waals surface area contributed by atoms with Gasteiger partial charge in [0.05, 0.1) is 48.5 Å². The van der Waals surface area contributed by atoms with Gasteiger partial charge in [-0.1, -0.05) is 167 Å². The molecule has 0 fully saturated rings. The number of para-hydroxylation sites is 4. The van der Waals surface area contributed by atoms with Crippen LogP contribution in [-0.4, -0.2) is 134 Å². The van der Waals surface area contributed by atoms with E-state index in [1.54, 1.807) is 71.2 Å². The summed E-state index contributed by atoms with van der Waals surface area (Å²) in [5.41, 5.74) is 12.5. The molecule has 4 heterocycles. The molecule has 0 radical (unpaired) electrons. The maximum Gasteiger partial charge on any atom is 0.419 e. The SMILES string of the molecule is CC(C)(C)OC(=O)n1c2ccccc2c2cc(CBr)ccc21.CCOC(=O)C(C)C(=O)OCC.CCOC(=O)C(Cc1ccc2c(c1)c1ccccc1n2C(=O)OC(C)(C)C)(NC(C)=O)C(=O)OCC.Cc1ccc2[nH]c3ccccc3c2c1.O=C(NC(Cc1ccc2[nH]c3ccccc3c2c1)C(=O)O)OCC1c2ccccc2-c2ccccc21. The van der Waals surface area contributed by atoms with Crippen molar-refractivity contribution in [2.24, 2.45) is 5.92 Å². The topological polar surface area (TPSA) is 304 Å². The fraction of sp³-hybridized carbons (Fsp3) is 0.281. The van der Waals surface area contributed by atoms with Crippen molar-refractivity contribution in [1.82, 2.24) is 29.7 Å². The largest absolute Gasteiger partial charge is 0.480 e. The Labute approximate surface area is 703 Å². The van der Waals surface area contributed by atoms with E-state index in [-0.39, 0.29) is 57.9 Å². The van der Waals surface area contributed by atoms with Gasteiger partial charge in [0.1, 0.15) is 23.9 Å². The summed E-state index contributed by atoms with van der Waals surface area (Å²) in [4.78, 5) is 117. The number of rotatable bonds is 18. The summed E-state index contributed by atoms with van der Waals surface area (Å²) < 4.78 is 39.5. The molecule has 0 saturated heterocycles. The van der Waals surface area contributed by atoms with E-state index in [1.165, 1.54) is 51.3 Å². The number of esters is 4. The Morgan fingerprint density at radius 2 is 0.858 bits per heavy atom. The van der Waals surface area contributed by atoms with Crippen LogP contribution in [0.3, 0.4) is 0 Å². The van der Waals surface area contributed by atoms with E-state index in [0.717, 1.165) is 87.5 Å². The predicted molar refractivity (Wildman–Crippen MR) is 470 cm³/mol. The van der Waals surface area contributed by atoms with Crippen molar-refractivity contribution in [3.8, 4) is 11.1 Å². The molecule has 0 bridgehead atoms. The molecule has 14 aromatic rings. The van der Waals surface area contributed by atoms with Gasteiger partial charge in [0, 0.05) is 96.2 Å². The Kier molecular flexibility index (Phi) is 28.2. The van der Waals surface area contributed by atoms with Crippen molar-refractivity contribution in [1.29, 1.82) is 0 Å². The predicted octanol–water partition coefficient (Wildman–Crippen LogP) is 19.8. The number of carboxylic acid groups (broad SMARTS) is 1. The zero-order chi connectivity index (χ0) is 86.3. The maximum atomic E-state index is 13.1. The molecule has 0 saturated carbocycles. The third kappa shape index (κ3) is 20.4. The molecule has 1 aliphatic rings. The number of hydrogen-bond donors (Lipinski definition) is 5. The van der Waals surface area contributed by atoms with Crippen LogP contribution in [0, 0.1) is 12.8 Å². The van der Waals surface area contributed by atoms with Gasteiger partial charge in [-0.2, -0.15) is 0 Å². The second kappa shape index (κ2) is 38.5. The number of carbonyl (C=O) groups excluding carboxylic acids is 8. The second-order valence-corrected chi connectivity index (χ2v) is 31.3. The number of halogens is 1. The summed E-state index contributed by atoms with van der Waals surface area (Å²) in [6, 6.07) is 70.4. The van der Waals surface area contributed by atoms with E-state index in [4.69, 9.17) is 23.7 Å². The maximum absolute atomic E-state index is 13.1. The van der Waals surface area contributed by atoms with Crippen LogP contribution in [0.1, 0.15) is 122 Å². The van der Waals surface area contributed by atoms with E-state index in [1.807, 2.05) is 160 Å². The van der Waals surface area contributed by atoms with E-state index in [0.29, 0.717) is 16.6 Å². The average Bonchev–Trinajstić information content (AvgIpc) is 1.58. The Morgan fingerprint density at radius 3 is 1.32 bits per heavy atom. The highest BCUT2D eigenvalue weighted by molar-refractivity contribution is 9.08. The molecule has 24 heteroatoms. The molecule has 1 aliphatic carbocycles. The van der Waals surface area contributed by atoms with Crippen LogP contribution < -0.4 is 10.6 Å². The number of aryl methyl sites for hydroxylation is 1. The van der Waals surface area contributed by atoms with Crippen LogP contribution in [0.25, 0.3) is 98.4 Å². The Morgan fingerprint density at radius 1 is 0.458 bits per heavy atom. The Bertz CT molecular complexity index is 6070. The van der Waals surface area contributed by atoms with Crippen molar-refractivity contribution < 1.29 is 81.4 Å². The van der Waals surface area contributed by atoms with Crippen molar-refractivity contribution in [3.05, 3.63) is 252 Å². The van der Waals surface area contributed by atoms with E-state index >= 15 is 0 Å². The van der Waals surface area contributed by atoms with Crippen LogP contribution in [-0.2, 0) is 80.1 Å². The number of nitrogens with zero attached hydrogens (tertiary/aromatic N) is 2. The number of fused-ring (bicyclic) bond motifs is 15. The first-order valence-corrected chi connectivity index (χ1v) is 40.9. The van der Waals surface area contributed by atoms with Crippen LogP contribution in [0.2, 0.25) is 0 Å². The van der Waals surface area contributed by atoms with Crippen molar-refractivity contribution in [3.63, 3.8) is 0 Å². The molecule has 1 atom stereocenters. The van der Waals surface area contributed by atoms with Gasteiger partial charge in [0.15, 0.2) is 5.92 Å². The van der Waals surface area contributed by atoms with Crippen molar-refractivity contribution in [2.45, 2.75) is 137 Å². The number of alkyl halides is 1. The van der Waals surface area contributed by atoms with Crippen LogP contribution >= 0.6 is 15.9 Å². The first kappa shape index (κ1) is 87.7. The number of hydrogen-bond acceptors (Lipinski definition) is 16. The zero-order valence-electron chi connectivity index (χ0n) is 69.4. The first-order valence-electron chi connectivity index (χ1n) is 39.7. The molecule has 10 aromatic carbocycles. The number of amides is 2. The number of carbonyl (C=O) groups is 9. The van der Waals surface area contributed by atoms with E-state index in [9.17, 15) is 48.3 Å². The van der Waals surface area contributed by atoms with E-state index < -0.39 is 76.6 Å². The summed E-state index contributed by atoms with van der Waals surface area (Å²) in [5, 5.41) is 24.0. The van der Waals surface area contributed by atoms with Crippen LogP contribution in [0.4, 0.5) is 14.4 Å². The fourth-order valence-electron chi connectivity index (χ4n) is 14.6. The number of ether oxygens (including phenoxy) is 7. The highest BCUT2D eigenvalue weighted by Gasteiger charge is 2.50. The van der Waals surface area contributed by atoms with Crippen molar-refractivity contribution >= 4 is 157 Å². The molecule has 0 aliphatic heterocycles. The number of aliphatic carboxylic acids is 1. The summed E-state index contributed by atoms with van der Waals surface area (Å²) in [6.45, 7) is 23.1. The minimum Gasteiger partial charge on any atom is -0.480 e. The summed E-state index contributed by atoms with van der Waals surface area (Å²) >= 11 is 3.48. The zero-order valence-corrected chi connectivity index (χ0v) is 71.0. The number of H-pyrrole nitrogens is 2. The molecule has 23 nitrogen and oxygen atoms in total. The number of carboxylic acids is 1. The summed E-state index contributed by atoms with van der Waals surface area (Å²) in [6.07, 6.45) is -1.66. The Hall–Kier alpha value is -13.1. The average molecular weight is 1690 g/mol. The molecule has 0 spiro atoms. The smallest absolute Gasteiger partial charge is 0.419 e. The lowest BCUT2D eigenvalue weighted by Gasteiger charge is -2.29. The van der Waals surface area contributed by atoms with Gasteiger partial charge >= 0.3 is 48.1 Å². The highest BCUT2D eigenvalue weighted by Crippen LogP contribution is 2.45. The van der Waals surface area contributed by atoms with Crippen molar-refractivity contribution in [2.75, 3.05) is 33.0 Å². The van der Waals surface area contributed by atoms with Gasteiger partial charge in [-0.15, -0.1) is 0 Å². The number of aromatic nitrogens is 4. The van der Waals surface area contributed by atoms with Gasteiger partial charge in [-0.3, -0.25) is 14.4 Å².